The minimum atomic E-state index is -0.0989. The number of thiocarbonyl (C=S) groups is 1. The first-order valence-corrected chi connectivity index (χ1v) is 9.96. The van der Waals surface area contributed by atoms with E-state index in [9.17, 15) is 4.79 Å². The van der Waals surface area contributed by atoms with Crippen LogP contribution in [0.3, 0.4) is 0 Å². The quantitative estimate of drug-likeness (QED) is 0.298. The third kappa shape index (κ3) is 3.68. The third-order valence-electron chi connectivity index (χ3n) is 3.35. The molecule has 0 unspecified atom stereocenters. The fourth-order valence-electron chi connectivity index (χ4n) is 2.20. The predicted molar refractivity (Wildman–Crippen MR) is 116 cm³/mol. The lowest BCUT2D eigenvalue weighted by Gasteiger charge is -2.14. The first-order chi connectivity index (χ1) is 11.5. The number of nitrogens with zero attached hydrogens (tertiary/aromatic N) is 1. The lowest BCUT2D eigenvalue weighted by Crippen LogP contribution is -2.27. The Labute approximate surface area is 171 Å². The van der Waals surface area contributed by atoms with Crippen LogP contribution >= 0.6 is 62.5 Å². The van der Waals surface area contributed by atoms with Crippen LogP contribution in [0.2, 0.25) is 0 Å². The average Bonchev–Trinajstić information content (AvgIpc) is 2.83. The molecule has 2 aromatic carbocycles. The Morgan fingerprint density at radius 3 is 2.58 bits per heavy atom. The molecule has 1 amide bonds. The van der Waals surface area contributed by atoms with Crippen LogP contribution in [-0.2, 0) is 4.79 Å². The van der Waals surface area contributed by atoms with Crippen molar-refractivity contribution in [2.75, 3.05) is 12.0 Å². The van der Waals surface area contributed by atoms with E-state index in [2.05, 4.69) is 38.5 Å². The highest BCUT2D eigenvalue weighted by atomic mass is 127. The number of ether oxygens (including phenoxy) is 1. The van der Waals surface area contributed by atoms with E-state index in [-0.39, 0.29) is 5.91 Å². The van der Waals surface area contributed by atoms with E-state index in [4.69, 9.17) is 17.0 Å². The van der Waals surface area contributed by atoms with Crippen molar-refractivity contribution < 1.29 is 9.53 Å². The highest BCUT2D eigenvalue weighted by Crippen LogP contribution is 2.36. The summed E-state index contributed by atoms with van der Waals surface area (Å²) in [6, 6.07) is 13.3. The van der Waals surface area contributed by atoms with Gasteiger partial charge >= 0.3 is 0 Å². The molecule has 0 bridgehead atoms. The highest BCUT2D eigenvalue weighted by molar-refractivity contribution is 14.1. The number of hydrogen-bond acceptors (Lipinski definition) is 4. The molecule has 1 saturated heterocycles. The van der Waals surface area contributed by atoms with Gasteiger partial charge in [-0.1, -0.05) is 46.0 Å². The molecular formula is C17H11BrINO2S2. The summed E-state index contributed by atoms with van der Waals surface area (Å²) in [6.45, 7) is 0. The number of hydrogen-bond donors (Lipinski definition) is 0. The number of amides is 1. The predicted octanol–water partition coefficient (Wildman–Crippen LogP) is 5.47. The minimum absolute atomic E-state index is 0.0989. The van der Waals surface area contributed by atoms with E-state index >= 15 is 0 Å². The van der Waals surface area contributed by atoms with Crippen LogP contribution in [0.5, 0.6) is 5.75 Å². The zero-order valence-electron chi connectivity index (χ0n) is 12.5. The van der Waals surface area contributed by atoms with Crippen molar-refractivity contribution in [1.29, 1.82) is 0 Å². The Balaban J connectivity index is 1.90. The van der Waals surface area contributed by atoms with Crippen molar-refractivity contribution in [3.05, 3.63) is 61.0 Å². The van der Waals surface area contributed by atoms with Gasteiger partial charge in [-0.05, 0) is 70.6 Å². The summed E-state index contributed by atoms with van der Waals surface area (Å²) in [7, 11) is 1.64. The molecule has 3 rings (SSSR count). The van der Waals surface area contributed by atoms with E-state index < -0.39 is 0 Å². The average molecular weight is 532 g/mol. The second-order valence-electron chi connectivity index (χ2n) is 4.89. The van der Waals surface area contributed by atoms with E-state index in [1.807, 2.05) is 48.5 Å². The molecule has 0 atom stereocenters. The van der Waals surface area contributed by atoms with Crippen LogP contribution in [0.15, 0.2) is 51.8 Å². The molecule has 0 radical (unpaired) electrons. The van der Waals surface area contributed by atoms with Gasteiger partial charge in [-0.25, -0.2) is 0 Å². The van der Waals surface area contributed by atoms with E-state index in [0.717, 1.165) is 25.0 Å². The van der Waals surface area contributed by atoms with Gasteiger partial charge in [0.25, 0.3) is 5.91 Å². The first kappa shape index (κ1) is 17.9. The van der Waals surface area contributed by atoms with Crippen molar-refractivity contribution in [3.8, 4) is 5.75 Å². The standard InChI is InChI=1S/C17H11BrINO2S2/c1-22-14-7-2-10(8-13(14)19)9-15-16(21)20(17(23)24-15)12-5-3-11(18)4-6-12/h2-9H,1H3/b15-9-. The minimum Gasteiger partial charge on any atom is -0.496 e. The van der Waals surface area contributed by atoms with Crippen molar-refractivity contribution in [3.63, 3.8) is 0 Å². The lowest BCUT2D eigenvalue weighted by molar-refractivity contribution is -0.113. The van der Waals surface area contributed by atoms with Crippen molar-refractivity contribution in [1.82, 2.24) is 0 Å². The van der Waals surface area contributed by atoms with Crippen LogP contribution in [0, 0.1) is 3.57 Å². The molecule has 0 spiro atoms. The van der Waals surface area contributed by atoms with Crippen LogP contribution in [0.25, 0.3) is 6.08 Å². The Bertz CT molecular complexity index is 852. The van der Waals surface area contributed by atoms with Gasteiger partial charge in [0, 0.05) is 4.47 Å². The molecule has 1 heterocycles. The largest absolute Gasteiger partial charge is 0.496 e. The summed E-state index contributed by atoms with van der Waals surface area (Å²) >= 11 is 12.3. The smallest absolute Gasteiger partial charge is 0.270 e. The zero-order chi connectivity index (χ0) is 17.3. The van der Waals surface area contributed by atoms with E-state index in [0.29, 0.717) is 9.23 Å². The second-order valence-corrected chi connectivity index (χ2v) is 8.64. The maximum Gasteiger partial charge on any atom is 0.270 e. The van der Waals surface area contributed by atoms with Crippen LogP contribution < -0.4 is 9.64 Å². The van der Waals surface area contributed by atoms with Gasteiger partial charge in [0.05, 0.1) is 21.3 Å². The van der Waals surface area contributed by atoms with Crippen molar-refractivity contribution >= 4 is 84.5 Å². The Hall–Kier alpha value is -0.900. The number of thioether (sulfide) groups is 1. The molecule has 2 aromatic rings. The molecule has 1 aliphatic rings. The number of methoxy groups -OCH3 is 1. The maximum atomic E-state index is 12.7. The normalized spacial score (nSPS) is 16.1. The number of carbonyl (C=O) groups excluding carboxylic acids is 1. The van der Waals surface area contributed by atoms with Crippen molar-refractivity contribution in [2.45, 2.75) is 0 Å². The van der Waals surface area contributed by atoms with Gasteiger partial charge in [-0.2, -0.15) is 0 Å². The monoisotopic (exact) mass is 531 g/mol. The van der Waals surface area contributed by atoms with Crippen LogP contribution in [-0.4, -0.2) is 17.3 Å². The second kappa shape index (κ2) is 7.55. The van der Waals surface area contributed by atoms with Gasteiger partial charge < -0.3 is 4.74 Å². The summed E-state index contributed by atoms with van der Waals surface area (Å²) < 4.78 is 7.75. The number of rotatable bonds is 3. The first-order valence-electron chi connectivity index (χ1n) is 6.86. The van der Waals surface area contributed by atoms with E-state index in [1.165, 1.54) is 11.8 Å². The summed E-state index contributed by atoms with van der Waals surface area (Å²) in [5, 5.41) is 0. The van der Waals surface area contributed by atoms with Gasteiger partial charge in [-0.3, -0.25) is 9.69 Å². The molecule has 0 aromatic heterocycles. The highest BCUT2D eigenvalue weighted by Gasteiger charge is 2.33. The van der Waals surface area contributed by atoms with Gasteiger partial charge in [0.2, 0.25) is 0 Å². The molecule has 3 nitrogen and oxygen atoms in total. The zero-order valence-corrected chi connectivity index (χ0v) is 17.8. The lowest BCUT2D eigenvalue weighted by atomic mass is 10.2. The number of benzene rings is 2. The molecule has 7 heteroatoms. The van der Waals surface area contributed by atoms with Gasteiger partial charge in [0.1, 0.15) is 5.75 Å². The Morgan fingerprint density at radius 1 is 1.25 bits per heavy atom. The molecule has 0 N–H and O–H groups in total. The summed E-state index contributed by atoms with van der Waals surface area (Å²) in [4.78, 5) is 14.9. The van der Waals surface area contributed by atoms with Gasteiger partial charge in [-0.15, -0.1) is 0 Å². The molecule has 1 aliphatic heterocycles. The van der Waals surface area contributed by atoms with Gasteiger partial charge in [0.15, 0.2) is 4.32 Å². The third-order valence-corrected chi connectivity index (χ3v) is 6.03. The van der Waals surface area contributed by atoms with Crippen LogP contribution in [0.4, 0.5) is 5.69 Å². The van der Waals surface area contributed by atoms with Crippen molar-refractivity contribution in [2.24, 2.45) is 0 Å². The fourth-order valence-corrected chi connectivity index (χ4v) is 4.53. The fraction of sp³-hybridized carbons (Fsp3) is 0.0588. The summed E-state index contributed by atoms with van der Waals surface area (Å²) in [5.74, 6) is 0.716. The molecule has 122 valence electrons. The number of halogens is 2. The number of carbonyl (C=O) groups is 1. The summed E-state index contributed by atoms with van der Waals surface area (Å²) in [6.07, 6.45) is 1.86. The maximum absolute atomic E-state index is 12.7. The molecule has 0 saturated carbocycles. The SMILES string of the molecule is COc1ccc(/C=C2\SC(=S)N(c3ccc(Br)cc3)C2=O)cc1I. The molecular weight excluding hydrogens is 521 g/mol. The Morgan fingerprint density at radius 2 is 1.96 bits per heavy atom. The molecule has 0 aliphatic carbocycles. The Kier molecular flexibility index (Phi) is 5.63. The van der Waals surface area contributed by atoms with E-state index in [1.54, 1.807) is 12.0 Å². The topological polar surface area (TPSA) is 29.5 Å². The molecule has 1 fully saturated rings. The molecule has 24 heavy (non-hydrogen) atoms. The summed E-state index contributed by atoms with van der Waals surface area (Å²) in [5.41, 5.74) is 1.71. The number of anilines is 1. The van der Waals surface area contributed by atoms with Crippen LogP contribution in [0.1, 0.15) is 5.56 Å².